The first-order chi connectivity index (χ1) is 10.6. The predicted molar refractivity (Wildman–Crippen MR) is 83.2 cm³/mol. The molecule has 3 rings (SSSR count). The van der Waals surface area contributed by atoms with Crippen LogP contribution in [0.5, 0.6) is 0 Å². The van der Waals surface area contributed by atoms with E-state index in [9.17, 15) is 10.2 Å². The number of nitrogens with two attached hydrogens (primary N) is 1. The van der Waals surface area contributed by atoms with E-state index in [4.69, 9.17) is 10.5 Å². The lowest BCUT2D eigenvalue weighted by molar-refractivity contribution is -0.0288. The second kappa shape index (κ2) is 6.21. The quantitative estimate of drug-likeness (QED) is 0.517. The highest BCUT2D eigenvalue weighted by atomic mass is 32.2. The molecule has 0 saturated carbocycles. The molecule has 8 nitrogen and oxygen atoms in total. The van der Waals surface area contributed by atoms with E-state index in [1.807, 2.05) is 0 Å². The van der Waals surface area contributed by atoms with Crippen LogP contribution in [-0.4, -0.2) is 59.5 Å². The molecule has 118 valence electrons. The monoisotopic (exact) mass is 323 g/mol. The van der Waals surface area contributed by atoms with Gasteiger partial charge >= 0.3 is 0 Å². The van der Waals surface area contributed by atoms with Gasteiger partial charge in [0.25, 0.3) is 0 Å². The number of nitrogens with zero attached hydrogens (tertiary/aromatic N) is 4. The average molecular weight is 323 g/mol. The van der Waals surface area contributed by atoms with Gasteiger partial charge in [-0.15, -0.1) is 6.58 Å². The van der Waals surface area contributed by atoms with Crippen molar-refractivity contribution in [2.75, 3.05) is 17.2 Å². The zero-order chi connectivity index (χ0) is 15.7. The molecule has 1 aliphatic rings. The minimum Gasteiger partial charge on any atom is -0.387 e. The van der Waals surface area contributed by atoms with Gasteiger partial charge in [-0.05, 0) is 0 Å². The van der Waals surface area contributed by atoms with Crippen LogP contribution < -0.4 is 5.73 Å². The van der Waals surface area contributed by atoms with Crippen LogP contribution in [0.4, 0.5) is 5.82 Å². The summed E-state index contributed by atoms with van der Waals surface area (Å²) >= 11 is 1.58. The second-order valence-electron chi connectivity index (χ2n) is 4.96. The number of aromatic nitrogens is 4. The average Bonchev–Trinajstić information content (AvgIpc) is 3.05. The van der Waals surface area contributed by atoms with E-state index in [2.05, 4.69) is 21.5 Å². The lowest BCUT2D eigenvalue weighted by atomic mass is 10.1. The molecular formula is C13H17N5O3S. The van der Waals surface area contributed by atoms with Crippen LogP contribution in [0.25, 0.3) is 11.2 Å². The Hall–Kier alpha value is -1.68. The number of nitrogen functional groups attached to an aromatic ring is 1. The molecule has 0 spiro atoms. The third kappa shape index (κ3) is 2.56. The molecule has 1 unspecified atom stereocenters. The van der Waals surface area contributed by atoms with Crippen LogP contribution in [0, 0.1) is 0 Å². The van der Waals surface area contributed by atoms with Gasteiger partial charge in [-0.1, -0.05) is 6.08 Å². The maximum Gasteiger partial charge on any atom is 0.167 e. The van der Waals surface area contributed by atoms with Crippen LogP contribution >= 0.6 is 11.8 Å². The van der Waals surface area contributed by atoms with Crippen molar-refractivity contribution in [3.8, 4) is 0 Å². The molecule has 1 fully saturated rings. The predicted octanol–water partition coefficient (Wildman–Crippen LogP) is -0.0531. The molecular weight excluding hydrogens is 306 g/mol. The van der Waals surface area contributed by atoms with Gasteiger partial charge in [0.15, 0.2) is 17.7 Å². The maximum atomic E-state index is 10.3. The number of aliphatic hydroxyl groups is 2. The van der Waals surface area contributed by atoms with Crippen molar-refractivity contribution in [1.82, 2.24) is 19.5 Å². The fraction of sp³-hybridized carbons (Fsp3) is 0.462. The largest absolute Gasteiger partial charge is 0.387 e. The van der Waals surface area contributed by atoms with Crippen LogP contribution in [0.1, 0.15) is 6.23 Å². The Labute approximate surface area is 131 Å². The summed E-state index contributed by atoms with van der Waals surface area (Å²) in [6.07, 6.45) is 1.32. The van der Waals surface area contributed by atoms with E-state index in [-0.39, 0.29) is 5.82 Å². The Bertz CT molecular complexity index is 679. The van der Waals surface area contributed by atoms with Gasteiger partial charge in [0.1, 0.15) is 24.1 Å². The highest BCUT2D eigenvalue weighted by molar-refractivity contribution is 7.99. The van der Waals surface area contributed by atoms with Crippen molar-refractivity contribution in [3.05, 3.63) is 25.3 Å². The zero-order valence-electron chi connectivity index (χ0n) is 11.7. The summed E-state index contributed by atoms with van der Waals surface area (Å²) in [5, 5.41) is 20.4. The molecule has 0 amide bonds. The van der Waals surface area contributed by atoms with Crippen LogP contribution in [0.15, 0.2) is 25.3 Å². The summed E-state index contributed by atoms with van der Waals surface area (Å²) in [4.78, 5) is 12.1. The number of aliphatic hydroxyl groups excluding tert-OH is 2. The smallest absolute Gasteiger partial charge is 0.167 e. The molecule has 0 radical (unpaired) electrons. The van der Waals surface area contributed by atoms with Crippen LogP contribution in [0.2, 0.25) is 0 Å². The van der Waals surface area contributed by atoms with E-state index < -0.39 is 24.5 Å². The van der Waals surface area contributed by atoms with Crippen molar-refractivity contribution in [2.24, 2.45) is 0 Å². The van der Waals surface area contributed by atoms with E-state index in [1.54, 1.807) is 22.4 Å². The van der Waals surface area contributed by atoms with E-state index in [1.165, 1.54) is 12.7 Å². The zero-order valence-corrected chi connectivity index (χ0v) is 12.6. The molecule has 0 aliphatic carbocycles. The first kappa shape index (κ1) is 15.2. The van der Waals surface area contributed by atoms with Crippen molar-refractivity contribution in [2.45, 2.75) is 24.5 Å². The molecule has 1 saturated heterocycles. The molecule has 22 heavy (non-hydrogen) atoms. The Kier molecular flexibility index (Phi) is 4.30. The Morgan fingerprint density at radius 3 is 2.95 bits per heavy atom. The first-order valence-electron chi connectivity index (χ1n) is 6.76. The molecule has 1 aliphatic heterocycles. The van der Waals surface area contributed by atoms with Gasteiger partial charge in [0, 0.05) is 11.5 Å². The summed E-state index contributed by atoms with van der Waals surface area (Å²) < 4.78 is 7.36. The summed E-state index contributed by atoms with van der Waals surface area (Å²) in [7, 11) is 0. The normalized spacial score (nSPS) is 28.3. The maximum absolute atomic E-state index is 10.3. The van der Waals surface area contributed by atoms with Crippen molar-refractivity contribution in [3.63, 3.8) is 0 Å². The minimum atomic E-state index is -1.07. The van der Waals surface area contributed by atoms with Crippen molar-refractivity contribution >= 4 is 28.7 Å². The summed E-state index contributed by atoms with van der Waals surface area (Å²) in [5.74, 6) is 1.57. The third-order valence-corrected chi connectivity index (χ3v) is 4.55. The molecule has 0 aromatic carbocycles. The van der Waals surface area contributed by atoms with Gasteiger partial charge in [-0.3, -0.25) is 4.57 Å². The summed E-state index contributed by atoms with van der Waals surface area (Å²) in [6, 6.07) is 0. The van der Waals surface area contributed by atoms with Gasteiger partial charge in [0.2, 0.25) is 0 Å². The van der Waals surface area contributed by atoms with Crippen molar-refractivity contribution in [1.29, 1.82) is 0 Å². The highest BCUT2D eigenvalue weighted by Gasteiger charge is 2.44. The number of imidazole rings is 1. The fourth-order valence-electron chi connectivity index (χ4n) is 2.42. The molecule has 4 atom stereocenters. The summed E-state index contributed by atoms with van der Waals surface area (Å²) in [6.45, 7) is 3.64. The number of ether oxygens (including phenoxy) is 1. The van der Waals surface area contributed by atoms with E-state index in [0.29, 0.717) is 16.9 Å². The standard InChI is InChI=1S/C13H17N5O3S/c1-2-3-22-4-7-9(19)10(20)13(21-7)18-6-17-8-11(14)15-5-16-12(8)18/h2,5-7,9-10,13,19-20H,1,3-4H2,(H2,14,15,16)/t7-,9?,10+,13-/m1/s1. The number of thioether (sulfide) groups is 1. The van der Waals surface area contributed by atoms with E-state index >= 15 is 0 Å². The Morgan fingerprint density at radius 2 is 2.18 bits per heavy atom. The van der Waals surface area contributed by atoms with Crippen LogP contribution in [0.3, 0.4) is 0 Å². The molecule has 2 aromatic heterocycles. The third-order valence-electron chi connectivity index (χ3n) is 3.52. The summed E-state index contributed by atoms with van der Waals surface area (Å²) in [5.41, 5.74) is 6.65. The number of anilines is 1. The first-order valence-corrected chi connectivity index (χ1v) is 7.92. The molecule has 9 heteroatoms. The topological polar surface area (TPSA) is 119 Å². The fourth-order valence-corrected chi connectivity index (χ4v) is 3.23. The second-order valence-corrected chi connectivity index (χ2v) is 6.03. The Balaban J connectivity index is 1.84. The van der Waals surface area contributed by atoms with E-state index in [0.717, 1.165) is 5.75 Å². The number of fused-ring (bicyclic) bond motifs is 1. The molecule has 3 heterocycles. The molecule has 4 N–H and O–H groups in total. The molecule has 2 aromatic rings. The van der Waals surface area contributed by atoms with Gasteiger partial charge in [-0.2, -0.15) is 11.8 Å². The lowest BCUT2D eigenvalue weighted by Crippen LogP contribution is -2.32. The SMILES string of the molecule is C=CCSC[C@H]1O[C@@H](n2cnc3c(N)ncnc32)[C@@H](O)C1O. The highest BCUT2D eigenvalue weighted by Crippen LogP contribution is 2.33. The van der Waals surface area contributed by atoms with Crippen LogP contribution in [-0.2, 0) is 4.74 Å². The van der Waals surface area contributed by atoms with Crippen molar-refractivity contribution < 1.29 is 14.9 Å². The minimum absolute atomic E-state index is 0.259. The van der Waals surface area contributed by atoms with Gasteiger partial charge in [-0.25, -0.2) is 15.0 Å². The lowest BCUT2D eigenvalue weighted by Gasteiger charge is -2.16. The number of rotatable bonds is 5. The number of hydrogen-bond acceptors (Lipinski definition) is 8. The van der Waals surface area contributed by atoms with Gasteiger partial charge < -0.3 is 20.7 Å². The Morgan fingerprint density at radius 1 is 1.36 bits per heavy atom. The molecule has 0 bridgehead atoms. The number of hydrogen-bond donors (Lipinski definition) is 3. The van der Waals surface area contributed by atoms with Gasteiger partial charge in [0.05, 0.1) is 12.4 Å².